The van der Waals surface area contributed by atoms with E-state index in [1.54, 1.807) is 36.4 Å². The van der Waals surface area contributed by atoms with E-state index in [0.717, 1.165) is 5.69 Å². The van der Waals surface area contributed by atoms with Gasteiger partial charge >= 0.3 is 0 Å². The van der Waals surface area contributed by atoms with Crippen molar-refractivity contribution in [3.63, 3.8) is 0 Å². The smallest absolute Gasteiger partial charge is 0.255 e. The van der Waals surface area contributed by atoms with E-state index >= 15 is 0 Å². The summed E-state index contributed by atoms with van der Waals surface area (Å²) in [4.78, 5) is 14.5. The van der Waals surface area contributed by atoms with Gasteiger partial charge in [-0.3, -0.25) is 9.10 Å². The van der Waals surface area contributed by atoms with Gasteiger partial charge in [-0.05, 0) is 42.8 Å². The van der Waals surface area contributed by atoms with E-state index < -0.39 is 10.0 Å². The van der Waals surface area contributed by atoms with Gasteiger partial charge in [-0.25, -0.2) is 8.42 Å². The maximum Gasteiger partial charge on any atom is 0.255 e. The van der Waals surface area contributed by atoms with Crippen LogP contribution in [0.4, 0.5) is 17.1 Å². The highest BCUT2D eigenvalue weighted by atomic mass is 35.5. The van der Waals surface area contributed by atoms with Crippen molar-refractivity contribution in [1.82, 2.24) is 0 Å². The van der Waals surface area contributed by atoms with Gasteiger partial charge in [-0.2, -0.15) is 0 Å². The molecule has 0 aromatic heterocycles. The second-order valence-corrected chi connectivity index (χ2v) is 8.72. The third-order valence-corrected chi connectivity index (χ3v) is 6.41. The van der Waals surface area contributed by atoms with Crippen molar-refractivity contribution < 1.29 is 13.2 Å². The zero-order valence-corrected chi connectivity index (χ0v) is 16.1. The van der Waals surface area contributed by atoms with Crippen LogP contribution in [0.3, 0.4) is 0 Å². The molecule has 138 valence electrons. The molecule has 1 aliphatic rings. The fraction of sp³-hybridized carbons (Fsp3) is 0.278. The molecule has 2 aromatic rings. The summed E-state index contributed by atoms with van der Waals surface area (Å²) in [6.45, 7) is 0.433. The van der Waals surface area contributed by atoms with Crippen LogP contribution in [-0.4, -0.2) is 40.7 Å². The van der Waals surface area contributed by atoms with Crippen LogP contribution in [0.25, 0.3) is 0 Å². The molecule has 8 heteroatoms. The van der Waals surface area contributed by atoms with E-state index in [-0.39, 0.29) is 11.7 Å². The second-order valence-electron chi connectivity index (χ2n) is 6.30. The first-order valence-corrected chi connectivity index (χ1v) is 10.2. The van der Waals surface area contributed by atoms with Gasteiger partial charge in [0.1, 0.15) is 0 Å². The summed E-state index contributed by atoms with van der Waals surface area (Å²) in [6, 6.07) is 12.0. The molecule has 0 unspecified atom stereocenters. The van der Waals surface area contributed by atoms with Crippen molar-refractivity contribution in [2.75, 3.05) is 40.9 Å². The summed E-state index contributed by atoms with van der Waals surface area (Å²) in [5.41, 5.74) is 2.28. The summed E-state index contributed by atoms with van der Waals surface area (Å²) in [5, 5.41) is 3.12. The zero-order valence-electron chi connectivity index (χ0n) is 14.6. The normalized spacial score (nSPS) is 15.7. The Morgan fingerprint density at radius 3 is 2.62 bits per heavy atom. The topological polar surface area (TPSA) is 69.7 Å². The average Bonchev–Trinajstić information content (AvgIpc) is 2.96. The lowest BCUT2D eigenvalue weighted by molar-refractivity contribution is 0.102. The van der Waals surface area contributed by atoms with Gasteiger partial charge in [0, 0.05) is 31.9 Å². The summed E-state index contributed by atoms with van der Waals surface area (Å²) in [5.74, 6) is -0.175. The number of benzene rings is 2. The van der Waals surface area contributed by atoms with Gasteiger partial charge in [0.05, 0.1) is 22.2 Å². The summed E-state index contributed by atoms with van der Waals surface area (Å²) in [6.07, 6.45) is 0.587. The number of nitrogens with one attached hydrogen (secondary N) is 1. The second kappa shape index (κ2) is 7.17. The van der Waals surface area contributed by atoms with Gasteiger partial charge in [-0.15, -0.1) is 0 Å². The fourth-order valence-corrected chi connectivity index (χ4v) is 4.53. The summed E-state index contributed by atoms with van der Waals surface area (Å²) < 4.78 is 25.6. The molecule has 2 aromatic carbocycles. The highest BCUT2D eigenvalue weighted by Gasteiger charge is 2.28. The van der Waals surface area contributed by atoms with E-state index in [0.29, 0.717) is 34.9 Å². The first-order valence-electron chi connectivity index (χ1n) is 8.16. The molecule has 1 heterocycles. The fourth-order valence-electron chi connectivity index (χ4n) is 2.81. The number of rotatable bonds is 4. The molecule has 0 bridgehead atoms. The van der Waals surface area contributed by atoms with Crippen molar-refractivity contribution in [3.8, 4) is 0 Å². The lowest BCUT2D eigenvalue weighted by Crippen LogP contribution is -2.25. The molecule has 0 saturated carbocycles. The Bertz CT molecular complexity index is 944. The maximum absolute atomic E-state index is 12.6. The van der Waals surface area contributed by atoms with Crippen LogP contribution in [0.15, 0.2) is 42.5 Å². The number of hydrogen-bond donors (Lipinski definition) is 1. The third-order valence-electron chi connectivity index (χ3n) is 4.21. The SMILES string of the molecule is CN(C)c1cccc(C(=O)Nc2cc(N3CCCS3(=O)=O)ccc2Cl)c1. The van der Waals surface area contributed by atoms with E-state index in [1.165, 1.54) is 4.31 Å². The first kappa shape index (κ1) is 18.5. The standard InChI is InChI=1S/C18H20ClN3O3S/c1-21(2)14-6-3-5-13(11-14)18(23)20-17-12-15(7-8-16(17)19)22-9-4-10-26(22,24)25/h3,5-8,11-12H,4,9-10H2,1-2H3,(H,20,23). The van der Waals surface area contributed by atoms with E-state index in [9.17, 15) is 13.2 Å². The lowest BCUT2D eigenvalue weighted by Gasteiger charge is -2.19. The number of anilines is 3. The monoisotopic (exact) mass is 393 g/mol. The number of amides is 1. The molecule has 6 nitrogen and oxygen atoms in total. The molecular formula is C18H20ClN3O3S. The molecule has 0 aliphatic carbocycles. The largest absolute Gasteiger partial charge is 0.378 e. The molecule has 26 heavy (non-hydrogen) atoms. The molecule has 0 radical (unpaired) electrons. The Hall–Kier alpha value is -2.25. The molecule has 0 spiro atoms. The predicted octanol–water partition coefficient (Wildman–Crippen LogP) is 3.20. The van der Waals surface area contributed by atoms with Gasteiger partial charge in [0.15, 0.2) is 0 Å². The van der Waals surface area contributed by atoms with Crippen molar-refractivity contribution in [1.29, 1.82) is 0 Å². The number of hydrogen-bond acceptors (Lipinski definition) is 4. The Balaban J connectivity index is 1.87. The van der Waals surface area contributed by atoms with Gasteiger partial charge in [0.2, 0.25) is 10.0 Å². The maximum atomic E-state index is 12.6. The number of nitrogens with zero attached hydrogens (tertiary/aromatic N) is 2. The van der Waals surface area contributed by atoms with Crippen molar-refractivity contribution in [2.24, 2.45) is 0 Å². The van der Waals surface area contributed by atoms with Gasteiger partial charge in [0.25, 0.3) is 5.91 Å². The molecular weight excluding hydrogens is 374 g/mol. The molecule has 1 saturated heterocycles. The quantitative estimate of drug-likeness (QED) is 0.866. The molecule has 0 atom stereocenters. The first-order chi connectivity index (χ1) is 12.3. The van der Waals surface area contributed by atoms with Crippen LogP contribution >= 0.6 is 11.6 Å². The molecule has 3 rings (SSSR count). The average molecular weight is 394 g/mol. The van der Waals surface area contributed by atoms with Crippen LogP contribution in [0.2, 0.25) is 5.02 Å². The van der Waals surface area contributed by atoms with Crippen LogP contribution in [0.5, 0.6) is 0 Å². The van der Waals surface area contributed by atoms with Crippen molar-refractivity contribution in [3.05, 3.63) is 53.1 Å². The summed E-state index contributed by atoms with van der Waals surface area (Å²) >= 11 is 6.20. The molecule has 1 fully saturated rings. The Kier molecular flexibility index (Phi) is 5.11. The zero-order chi connectivity index (χ0) is 18.9. The van der Waals surface area contributed by atoms with E-state index in [4.69, 9.17) is 11.6 Å². The minimum absolute atomic E-state index is 0.134. The number of carbonyl (C=O) groups excluding carboxylic acids is 1. The Labute approximate surface area is 158 Å². The highest BCUT2D eigenvalue weighted by Crippen LogP contribution is 2.31. The van der Waals surface area contributed by atoms with Crippen LogP contribution < -0.4 is 14.5 Å². The Morgan fingerprint density at radius 2 is 1.96 bits per heavy atom. The van der Waals surface area contributed by atoms with E-state index in [2.05, 4.69) is 5.32 Å². The molecule has 1 amide bonds. The van der Waals surface area contributed by atoms with Crippen LogP contribution in [-0.2, 0) is 10.0 Å². The van der Waals surface area contributed by atoms with Crippen LogP contribution in [0.1, 0.15) is 16.8 Å². The van der Waals surface area contributed by atoms with Crippen molar-refractivity contribution >= 4 is 44.6 Å². The van der Waals surface area contributed by atoms with Crippen molar-refractivity contribution in [2.45, 2.75) is 6.42 Å². The summed E-state index contributed by atoms with van der Waals surface area (Å²) in [7, 11) is 0.500. The minimum Gasteiger partial charge on any atom is -0.378 e. The third kappa shape index (κ3) is 3.78. The Morgan fingerprint density at radius 1 is 1.19 bits per heavy atom. The van der Waals surface area contributed by atoms with E-state index in [1.807, 2.05) is 25.1 Å². The number of sulfonamides is 1. The van der Waals surface area contributed by atoms with Crippen LogP contribution in [0, 0.1) is 0 Å². The molecule has 1 aliphatic heterocycles. The van der Waals surface area contributed by atoms with Gasteiger partial charge < -0.3 is 10.2 Å². The van der Waals surface area contributed by atoms with Gasteiger partial charge in [-0.1, -0.05) is 17.7 Å². The number of carbonyl (C=O) groups is 1. The predicted molar refractivity (Wildman–Crippen MR) is 106 cm³/mol. The molecule has 1 N–H and O–H groups in total. The highest BCUT2D eigenvalue weighted by molar-refractivity contribution is 7.93. The number of halogens is 1. The minimum atomic E-state index is -3.29. The lowest BCUT2D eigenvalue weighted by atomic mass is 10.1.